The fraction of sp³-hybridized carbons (Fsp3) is 0.368. The van der Waals surface area contributed by atoms with Crippen LogP contribution in [-0.4, -0.2) is 25.0 Å². The van der Waals surface area contributed by atoms with Gasteiger partial charge < -0.3 is 21.7 Å². The average molecular weight is 375 g/mol. The molecule has 0 saturated heterocycles. The number of aryl methyl sites for hydroxylation is 1. The van der Waals surface area contributed by atoms with Crippen molar-refractivity contribution >= 4 is 34.6 Å². The second-order valence-corrected chi connectivity index (χ2v) is 7.71. The maximum absolute atomic E-state index is 12.3. The number of hydrogen-bond acceptors (Lipinski definition) is 4. The number of nitrogens with two attached hydrogens (primary N) is 1. The first kappa shape index (κ1) is 19.9. The minimum Gasteiger partial charge on any atom is -0.355 e. The molecule has 2 aromatic rings. The van der Waals surface area contributed by atoms with Gasteiger partial charge in [-0.15, -0.1) is 11.3 Å². The Labute approximate surface area is 158 Å². The average Bonchev–Trinajstić information content (AvgIpc) is 3.05. The van der Waals surface area contributed by atoms with Gasteiger partial charge in [-0.25, -0.2) is 4.79 Å². The van der Waals surface area contributed by atoms with Gasteiger partial charge in [0.25, 0.3) is 0 Å². The van der Waals surface area contributed by atoms with E-state index in [0.29, 0.717) is 6.54 Å². The van der Waals surface area contributed by atoms with Gasteiger partial charge in [0.05, 0.1) is 12.2 Å². The molecule has 7 heteroatoms. The maximum atomic E-state index is 12.3. The van der Waals surface area contributed by atoms with Gasteiger partial charge in [-0.1, -0.05) is 31.5 Å². The first-order chi connectivity index (χ1) is 12.3. The SMILES string of the molecule is Cc1ccc(NC(=O)Nc2ccsc2C(C)(C)CCNC(=O)CN)cc1. The lowest BCUT2D eigenvalue weighted by Gasteiger charge is -2.25. The number of nitrogens with one attached hydrogen (secondary N) is 3. The molecule has 0 spiro atoms. The Hall–Kier alpha value is -2.38. The van der Waals surface area contributed by atoms with E-state index in [-0.39, 0.29) is 23.9 Å². The largest absolute Gasteiger partial charge is 0.355 e. The lowest BCUT2D eigenvalue weighted by atomic mass is 9.86. The number of urea groups is 1. The molecule has 1 heterocycles. The van der Waals surface area contributed by atoms with Crippen molar-refractivity contribution in [2.75, 3.05) is 23.7 Å². The van der Waals surface area contributed by atoms with Crippen LogP contribution in [0.3, 0.4) is 0 Å². The second kappa shape index (κ2) is 8.82. The van der Waals surface area contributed by atoms with Gasteiger partial charge >= 0.3 is 6.03 Å². The number of rotatable bonds is 7. The fourth-order valence-electron chi connectivity index (χ4n) is 2.55. The van der Waals surface area contributed by atoms with E-state index in [2.05, 4.69) is 29.8 Å². The summed E-state index contributed by atoms with van der Waals surface area (Å²) in [5.74, 6) is -0.164. The number of carbonyl (C=O) groups is 2. The molecule has 1 aromatic carbocycles. The Morgan fingerprint density at radius 1 is 1.12 bits per heavy atom. The van der Waals surface area contributed by atoms with Crippen LogP contribution in [0.5, 0.6) is 0 Å². The Morgan fingerprint density at radius 2 is 1.81 bits per heavy atom. The van der Waals surface area contributed by atoms with E-state index >= 15 is 0 Å². The van der Waals surface area contributed by atoms with E-state index < -0.39 is 0 Å². The summed E-state index contributed by atoms with van der Waals surface area (Å²) in [4.78, 5) is 24.7. The number of hydrogen-bond donors (Lipinski definition) is 4. The summed E-state index contributed by atoms with van der Waals surface area (Å²) < 4.78 is 0. The minimum atomic E-state index is -0.277. The monoisotopic (exact) mass is 374 g/mol. The van der Waals surface area contributed by atoms with Gasteiger partial charge in [-0.2, -0.15) is 0 Å². The summed E-state index contributed by atoms with van der Waals surface area (Å²) in [7, 11) is 0. The number of amides is 3. The quantitative estimate of drug-likeness (QED) is 0.598. The fourth-order valence-corrected chi connectivity index (χ4v) is 3.56. The van der Waals surface area contributed by atoms with Gasteiger partial charge in [-0.05, 0) is 36.9 Å². The van der Waals surface area contributed by atoms with Crippen molar-refractivity contribution < 1.29 is 9.59 Å². The topological polar surface area (TPSA) is 96.2 Å². The standard InChI is InChI=1S/C19H26N4O2S/c1-13-4-6-14(7-5-13)22-18(25)23-15-8-11-26-17(15)19(2,3)9-10-21-16(24)12-20/h4-8,11H,9-10,12,20H2,1-3H3,(H,21,24)(H2,22,23,25). The highest BCUT2D eigenvalue weighted by molar-refractivity contribution is 7.10. The molecule has 140 valence electrons. The first-order valence-electron chi connectivity index (χ1n) is 8.51. The Kier molecular flexibility index (Phi) is 6.76. The minimum absolute atomic E-state index is 0.00851. The summed E-state index contributed by atoms with van der Waals surface area (Å²) >= 11 is 1.59. The molecule has 2 rings (SSSR count). The third-order valence-corrected chi connectivity index (χ3v) is 5.38. The van der Waals surface area contributed by atoms with Crippen molar-refractivity contribution in [2.45, 2.75) is 32.6 Å². The zero-order chi connectivity index (χ0) is 19.2. The van der Waals surface area contributed by atoms with Crippen LogP contribution in [0.4, 0.5) is 16.2 Å². The van der Waals surface area contributed by atoms with Crippen molar-refractivity contribution in [3.63, 3.8) is 0 Å². The predicted octanol–water partition coefficient (Wildman–Crippen LogP) is 3.44. The van der Waals surface area contributed by atoms with Crippen LogP contribution in [0.25, 0.3) is 0 Å². The Morgan fingerprint density at radius 3 is 2.46 bits per heavy atom. The van der Waals surface area contributed by atoms with Gasteiger partial charge in [-0.3, -0.25) is 4.79 Å². The highest BCUT2D eigenvalue weighted by Gasteiger charge is 2.25. The van der Waals surface area contributed by atoms with Gasteiger partial charge in [0.2, 0.25) is 5.91 Å². The molecule has 5 N–H and O–H groups in total. The van der Waals surface area contributed by atoms with Crippen LogP contribution in [0.1, 0.15) is 30.7 Å². The smallest absolute Gasteiger partial charge is 0.323 e. The van der Waals surface area contributed by atoms with Crippen LogP contribution >= 0.6 is 11.3 Å². The van der Waals surface area contributed by atoms with Crippen LogP contribution in [-0.2, 0) is 10.2 Å². The summed E-state index contributed by atoms with van der Waals surface area (Å²) in [5.41, 5.74) is 7.78. The summed E-state index contributed by atoms with van der Waals surface area (Å²) in [6, 6.07) is 9.26. The normalized spacial score (nSPS) is 11.1. The molecule has 0 aliphatic carbocycles. The van der Waals surface area contributed by atoms with Gasteiger partial charge in [0.1, 0.15) is 0 Å². The second-order valence-electron chi connectivity index (χ2n) is 6.80. The van der Waals surface area contributed by atoms with E-state index in [4.69, 9.17) is 5.73 Å². The van der Waals surface area contributed by atoms with Crippen LogP contribution in [0.2, 0.25) is 0 Å². The Bertz CT molecular complexity index is 753. The number of anilines is 2. The van der Waals surface area contributed by atoms with Crippen LogP contribution in [0, 0.1) is 6.92 Å². The van der Waals surface area contributed by atoms with Crippen molar-refractivity contribution in [3.8, 4) is 0 Å². The Balaban J connectivity index is 1.98. The molecular formula is C19H26N4O2S. The molecule has 26 heavy (non-hydrogen) atoms. The zero-order valence-electron chi connectivity index (χ0n) is 15.4. The molecular weight excluding hydrogens is 348 g/mol. The highest BCUT2D eigenvalue weighted by atomic mass is 32.1. The number of carbonyl (C=O) groups excluding carboxylic acids is 2. The summed E-state index contributed by atoms with van der Waals surface area (Å²) in [6.07, 6.45) is 0.744. The number of benzene rings is 1. The molecule has 0 unspecified atom stereocenters. The van der Waals surface area contributed by atoms with E-state index in [0.717, 1.165) is 28.2 Å². The zero-order valence-corrected chi connectivity index (χ0v) is 16.2. The van der Waals surface area contributed by atoms with E-state index in [9.17, 15) is 9.59 Å². The third-order valence-electron chi connectivity index (χ3n) is 4.10. The molecule has 0 radical (unpaired) electrons. The van der Waals surface area contributed by atoms with Gasteiger partial charge in [0, 0.05) is 22.5 Å². The third kappa shape index (κ3) is 5.57. The maximum Gasteiger partial charge on any atom is 0.323 e. The molecule has 0 fully saturated rings. The van der Waals surface area contributed by atoms with Crippen molar-refractivity contribution in [3.05, 3.63) is 46.2 Å². The first-order valence-corrected chi connectivity index (χ1v) is 9.39. The van der Waals surface area contributed by atoms with Crippen LogP contribution in [0.15, 0.2) is 35.7 Å². The summed E-state index contributed by atoms with van der Waals surface area (Å²) in [5, 5.41) is 10.5. The molecule has 0 bridgehead atoms. The molecule has 0 aliphatic heterocycles. The molecule has 0 atom stereocenters. The summed E-state index contributed by atoms with van der Waals surface area (Å²) in [6.45, 7) is 6.72. The lowest BCUT2D eigenvalue weighted by molar-refractivity contribution is -0.119. The van der Waals surface area contributed by atoms with E-state index in [1.807, 2.05) is 42.6 Å². The molecule has 3 amide bonds. The molecule has 1 aromatic heterocycles. The lowest BCUT2D eigenvalue weighted by Crippen LogP contribution is -2.34. The van der Waals surface area contributed by atoms with E-state index in [1.165, 1.54) is 0 Å². The molecule has 6 nitrogen and oxygen atoms in total. The van der Waals surface area contributed by atoms with Gasteiger partial charge in [0.15, 0.2) is 0 Å². The van der Waals surface area contributed by atoms with E-state index in [1.54, 1.807) is 11.3 Å². The van der Waals surface area contributed by atoms with Crippen LogP contribution < -0.4 is 21.7 Å². The molecule has 0 aliphatic rings. The van der Waals surface area contributed by atoms with Crippen molar-refractivity contribution in [1.82, 2.24) is 5.32 Å². The van der Waals surface area contributed by atoms with Crippen molar-refractivity contribution in [2.24, 2.45) is 5.73 Å². The van der Waals surface area contributed by atoms with Crippen molar-refractivity contribution in [1.29, 1.82) is 0 Å². The highest BCUT2D eigenvalue weighted by Crippen LogP contribution is 2.37. The number of thiophene rings is 1. The predicted molar refractivity (Wildman–Crippen MR) is 108 cm³/mol. The molecule has 0 saturated carbocycles.